The molecule has 0 saturated carbocycles. The van der Waals surface area contributed by atoms with E-state index in [4.69, 9.17) is 39.2 Å². The summed E-state index contributed by atoms with van der Waals surface area (Å²) < 4.78 is 21.1. The third kappa shape index (κ3) is 3.43. The van der Waals surface area contributed by atoms with Crippen LogP contribution in [0, 0.1) is 5.82 Å². The molecule has 180 valence electrons. The Morgan fingerprint density at radius 1 is 1.00 bits per heavy atom. The minimum atomic E-state index is -1.48. The van der Waals surface area contributed by atoms with Crippen molar-refractivity contribution in [1.82, 2.24) is 0 Å². The lowest BCUT2D eigenvalue weighted by Crippen LogP contribution is -2.09. The summed E-state index contributed by atoms with van der Waals surface area (Å²) in [6.07, 6.45) is 0. The zero-order valence-corrected chi connectivity index (χ0v) is 20.3. The summed E-state index contributed by atoms with van der Waals surface area (Å²) in [5, 5.41) is 22.3. The average molecular weight is 545 g/mol. The van der Waals surface area contributed by atoms with Gasteiger partial charge in [0.05, 0.1) is 20.6 Å². The summed E-state index contributed by atoms with van der Waals surface area (Å²) in [6.45, 7) is 1.22. The van der Waals surface area contributed by atoms with Crippen molar-refractivity contribution in [2.45, 2.75) is 6.92 Å². The molecule has 0 saturated heterocycles. The van der Waals surface area contributed by atoms with Crippen LogP contribution in [0.2, 0.25) is 15.1 Å². The molecule has 36 heavy (non-hydrogen) atoms. The summed E-state index contributed by atoms with van der Waals surface area (Å²) in [7, 11) is 0. The van der Waals surface area contributed by atoms with Crippen molar-refractivity contribution < 1.29 is 28.6 Å². The van der Waals surface area contributed by atoms with E-state index in [2.05, 4.69) is 0 Å². The highest BCUT2D eigenvalue weighted by Crippen LogP contribution is 2.50. The second-order valence-corrected chi connectivity index (χ2v) is 9.17. The summed E-state index contributed by atoms with van der Waals surface area (Å²) >= 11 is 19.1. The van der Waals surface area contributed by atoms with Crippen LogP contribution in [0.1, 0.15) is 27.6 Å². The van der Waals surface area contributed by atoms with Crippen molar-refractivity contribution in [2.24, 2.45) is 0 Å². The molecule has 0 unspecified atom stereocenters. The molecule has 0 aromatic heterocycles. The maximum atomic E-state index is 15.4. The lowest BCUT2D eigenvalue weighted by Gasteiger charge is -2.23. The van der Waals surface area contributed by atoms with Crippen molar-refractivity contribution >= 4 is 68.3 Å². The fourth-order valence-corrected chi connectivity index (χ4v) is 5.17. The second kappa shape index (κ2) is 8.48. The Balaban J connectivity index is 2.21. The molecule has 6 nitrogen and oxygen atoms in total. The average Bonchev–Trinajstić information content (AvgIpc) is 2.83. The first kappa shape index (κ1) is 24.1. The minimum Gasteiger partial charge on any atom is -0.870 e. The summed E-state index contributed by atoms with van der Waals surface area (Å²) in [5.74, 6) is -4.38. The number of rotatable bonds is 3. The van der Waals surface area contributed by atoms with E-state index in [0.29, 0.717) is 0 Å². The number of benzene rings is 4. The first-order chi connectivity index (χ1) is 17.0. The number of hydrogen-bond donors (Lipinski definition) is 1. The van der Waals surface area contributed by atoms with Gasteiger partial charge in [0.25, 0.3) is 0 Å². The highest BCUT2D eigenvalue weighted by Gasteiger charge is 2.30. The highest BCUT2D eigenvalue weighted by atomic mass is 35.5. The summed E-state index contributed by atoms with van der Waals surface area (Å²) in [5.41, 5.74) is -1.88. The van der Waals surface area contributed by atoms with Crippen LogP contribution in [0.4, 0.5) is 4.39 Å². The Kier molecular flexibility index (Phi) is 5.67. The number of Topliss-reactive ketones (excluding diaryl/α,β-unsaturated/α-hetero) is 1. The molecule has 5 rings (SSSR count). The molecule has 0 bridgehead atoms. The summed E-state index contributed by atoms with van der Waals surface area (Å²) in [4.78, 5) is 37.0. The predicted molar refractivity (Wildman–Crippen MR) is 133 cm³/mol. The molecule has 2 aliphatic rings. The van der Waals surface area contributed by atoms with Gasteiger partial charge in [-0.3, -0.25) is 9.59 Å². The number of hydrogen-bond acceptors (Lipinski definition) is 5. The Bertz CT molecular complexity index is 1830. The zero-order chi connectivity index (χ0) is 26.0. The normalized spacial score (nSPS) is 11.5. The lowest BCUT2D eigenvalue weighted by atomic mass is 9.87. The van der Waals surface area contributed by atoms with Crippen molar-refractivity contribution in [3.8, 4) is 28.2 Å². The molecule has 3 aromatic rings. The number of aromatic carboxylic acids is 1. The van der Waals surface area contributed by atoms with E-state index >= 15 is 4.39 Å². The molecule has 0 spiro atoms. The first-order valence-corrected chi connectivity index (χ1v) is 11.4. The predicted octanol–water partition coefficient (Wildman–Crippen LogP) is 6.79. The quantitative estimate of drug-likeness (QED) is 0.152. The molecule has 1 heterocycles. The van der Waals surface area contributed by atoms with Gasteiger partial charge in [0.2, 0.25) is 5.43 Å². The Labute approximate surface area is 216 Å². The molecule has 0 radical (unpaired) electrons. The van der Waals surface area contributed by atoms with E-state index in [0.717, 1.165) is 12.1 Å². The van der Waals surface area contributed by atoms with Gasteiger partial charge in [-0.2, -0.15) is 0 Å². The fourth-order valence-electron chi connectivity index (χ4n) is 4.34. The minimum absolute atomic E-state index is 0.00772. The van der Waals surface area contributed by atoms with Crippen molar-refractivity contribution in [2.75, 3.05) is 0 Å². The maximum absolute atomic E-state index is 15.4. The van der Waals surface area contributed by atoms with Gasteiger partial charge in [0.1, 0.15) is 5.76 Å². The number of carboxylic acids is 1. The van der Waals surface area contributed by atoms with Crippen molar-refractivity contribution in [3.63, 3.8) is 0 Å². The molecule has 0 atom stereocenters. The zero-order valence-electron chi connectivity index (χ0n) is 18.0. The van der Waals surface area contributed by atoms with E-state index in [-0.39, 0.29) is 59.2 Å². The van der Waals surface area contributed by atoms with Gasteiger partial charge in [-0.05, 0) is 29.8 Å². The van der Waals surface area contributed by atoms with Crippen LogP contribution in [-0.2, 0) is 0 Å². The monoisotopic (exact) mass is 543 g/mol. The van der Waals surface area contributed by atoms with E-state index in [1.54, 1.807) is 6.07 Å². The second-order valence-electron chi connectivity index (χ2n) is 7.98. The highest BCUT2D eigenvalue weighted by molar-refractivity contribution is 6.42. The smallest absolute Gasteiger partial charge is 0.337 e. The largest absolute Gasteiger partial charge is 0.870 e. The van der Waals surface area contributed by atoms with Gasteiger partial charge in [-0.25, -0.2) is 9.18 Å². The number of carboxylic acid groups (broad SMARTS) is 1. The van der Waals surface area contributed by atoms with Crippen LogP contribution in [0.5, 0.6) is 5.75 Å². The molecular formula is C26H11Cl3FO6-. The van der Waals surface area contributed by atoms with Gasteiger partial charge in [0, 0.05) is 33.7 Å². The van der Waals surface area contributed by atoms with Crippen molar-refractivity contribution in [1.29, 1.82) is 0 Å². The molecule has 0 amide bonds. The van der Waals surface area contributed by atoms with Gasteiger partial charge >= 0.3 is 5.97 Å². The van der Waals surface area contributed by atoms with Gasteiger partial charge in [-0.1, -0.05) is 64.8 Å². The van der Waals surface area contributed by atoms with E-state index in [9.17, 15) is 24.6 Å². The molecule has 0 fully saturated rings. The van der Waals surface area contributed by atoms with Crippen LogP contribution in [0.3, 0.4) is 0 Å². The topological polar surface area (TPSA) is 108 Å². The van der Waals surface area contributed by atoms with Gasteiger partial charge in [-0.15, -0.1) is 0 Å². The number of fused-ring (bicyclic) bond motifs is 4. The summed E-state index contributed by atoms with van der Waals surface area (Å²) in [6, 6.07) is 9.41. The van der Waals surface area contributed by atoms with Gasteiger partial charge in [0.15, 0.2) is 17.2 Å². The van der Waals surface area contributed by atoms with Gasteiger partial charge < -0.3 is 14.6 Å². The Morgan fingerprint density at radius 2 is 1.67 bits per heavy atom. The van der Waals surface area contributed by atoms with Crippen LogP contribution < -0.4 is 10.5 Å². The first-order valence-electron chi connectivity index (χ1n) is 10.3. The standard InChI is InChI=1S/C26H12Cl3FO6/c1-9(31)12-6-15(28)20(26(34)35)21(22(12)29)18-13-7-14(27)16(32)8-17(13)36-25-19(18)10-4-2-3-5-11(10)24(33)23(25)30/h2-8,33H,1H3,(H,34,35)/p-1. The number of carbonyl (C=O) groups is 2. The van der Waals surface area contributed by atoms with E-state index in [1.165, 1.54) is 31.2 Å². The maximum Gasteiger partial charge on any atom is 0.337 e. The number of carbonyl (C=O) groups excluding carboxylic acids is 1. The van der Waals surface area contributed by atoms with Crippen LogP contribution in [-0.4, -0.2) is 16.9 Å². The number of ketones is 1. The Hall–Kier alpha value is -3.65. The van der Waals surface area contributed by atoms with E-state index in [1.807, 2.05) is 0 Å². The van der Waals surface area contributed by atoms with Crippen molar-refractivity contribution in [3.05, 3.63) is 84.7 Å². The Morgan fingerprint density at radius 3 is 2.31 bits per heavy atom. The fraction of sp³-hybridized carbons (Fsp3) is 0.0385. The third-order valence-electron chi connectivity index (χ3n) is 5.89. The van der Waals surface area contributed by atoms with Crippen LogP contribution in [0.25, 0.3) is 44.2 Å². The number of halogens is 4. The molecule has 10 heteroatoms. The molecule has 1 aliphatic carbocycles. The molecule has 3 aromatic carbocycles. The molecule has 1 aliphatic heterocycles. The molecule has 1 N–H and O–H groups in total. The third-order valence-corrected chi connectivity index (χ3v) is 6.88. The van der Waals surface area contributed by atoms with E-state index < -0.39 is 39.9 Å². The SMILES string of the molecule is CC(=O)c1cc(Cl)c(C(=O)O)c(-c2c3cc(Cl)c(=O)cc-3oc3c(F)c([O-])c4ccccc4c23)c1Cl. The molecular weight excluding hydrogens is 534 g/mol. The lowest BCUT2D eigenvalue weighted by molar-refractivity contribution is -0.269. The van der Waals surface area contributed by atoms with Crippen LogP contribution in [0.15, 0.2) is 51.7 Å². The van der Waals surface area contributed by atoms with Crippen LogP contribution >= 0.6 is 34.8 Å².